The molecule has 2 aliphatic rings. The number of aromatic nitrogens is 2. The van der Waals surface area contributed by atoms with Crippen LogP contribution in [0.1, 0.15) is 34.0 Å². The average molecular weight is 632 g/mol. The standard InChI is InChI=1S/C30H25N5O5S3/c1-17(36)31-30-34-33-26(43-30)21-16-42-28-23(32-22(37)15-20-13-8-14-41-20)27(38)35(28)24(21)29(39)40-25(18-9-4-2-5-10-18)19-11-6-3-7-12-19/h2-14,16,23-25,28H,15H2,1H3,(H,32,37)(H,31,34,36). The van der Waals surface area contributed by atoms with Crippen LogP contribution in [0.2, 0.25) is 0 Å². The number of fused-ring (bicyclic) bond motifs is 1. The lowest BCUT2D eigenvalue weighted by atomic mass is 9.97. The molecule has 43 heavy (non-hydrogen) atoms. The van der Waals surface area contributed by atoms with Gasteiger partial charge in [0.05, 0.1) is 6.42 Å². The van der Waals surface area contributed by atoms with E-state index in [1.807, 2.05) is 78.2 Å². The number of hydrogen-bond donors (Lipinski definition) is 2. The fourth-order valence-electron chi connectivity index (χ4n) is 4.90. The maximum atomic E-state index is 14.1. The number of anilines is 1. The van der Waals surface area contributed by atoms with Crippen LogP contribution in [-0.4, -0.2) is 56.2 Å². The van der Waals surface area contributed by atoms with Gasteiger partial charge in [0, 0.05) is 17.4 Å². The normalized spacial score (nSPS) is 19.2. The fraction of sp³-hybridized carbons (Fsp3) is 0.200. The summed E-state index contributed by atoms with van der Waals surface area (Å²) >= 11 is 3.87. The Morgan fingerprint density at radius 1 is 0.977 bits per heavy atom. The summed E-state index contributed by atoms with van der Waals surface area (Å²) in [5, 5.41) is 17.4. The molecule has 3 amide bonds. The minimum Gasteiger partial charge on any atom is -0.451 e. The van der Waals surface area contributed by atoms with Crippen LogP contribution < -0.4 is 10.6 Å². The summed E-state index contributed by atoms with van der Waals surface area (Å²) in [5.41, 5.74) is 1.97. The van der Waals surface area contributed by atoms with Crippen LogP contribution >= 0.6 is 34.4 Å². The third kappa shape index (κ3) is 6.10. The van der Waals surface area contributed by atoms with E-state index in [0.29, 0.717) is 10.6 Å². The van der Waals surface area contributed by atoms with Crippen molar-refractivity contribution in [3.8, 4) is 0 Å². The molecule has 3 unspecified atom stereocenters. The van der Waals surface area contributed by atoms with Crippen molar-refractivity contribution in [3.05, 3.63) is 105 Å². The van der Waals surface area contributed by atoms with Crippen LogP contribution in [0.4, 0.5) is 5.13 Å². The van der Waals surface area contributed by atoms with Crippen molar-refractivity contribution in [1.82, 2.24) is 20.4 Å². The van der Waals surface area contributed by atoms with Gasteiger partial charge in [0.1, 0.15) is 16.4 Å². The molecule has 3 atom stereocenters. The zero-order valence-electron chi connectivity index (χ0n) is 22.7. The summed E-state index contributed by atoms with van der Waals surface area (Å²) in [4.78, 5) is 54.4. The first-order valence-corrected chi connectivity index (χ1v) is 15.9. The monoisotopic (exact) mass is 631 g/mol. The molecule has 13 heteroatoms. The van der Waals surface area contributed by atoms with Gasteiger partial charge in [0.2, 0.25) is 22.9 Å². The lowest BCUT2D eigenvalue weighted by molar-refractivity contribution is -0.164. The summed E-state index contributed by atoms with van der Waals surface area (Å²) in [5.74, 6) is -1.63. The van der Waals surface area contributed by atoms with Gasteiger partial charge in [-0.3, -0.25) is 14.4 Å². The first-order valence-electron chi connectivity index (χ1n) is 13.3. The second-order valence-corrected chi connectivity index (χ2v) is 12.8. The van der Waals surface area contributed by atoms with Crippen LogP contribution in [-0.2, 0) is 30.3 Å². The Kier molecular flexibility index (Phi) is 8.36. The number of β-lactam (4-membered cyclic amide) rings is 1. The van der Waals surface area contributed by atoms with E-state index in [0.717, 1.165) is 27.3 Å². The molecule has 10 nitrogen and oxygen atoms in total. The molecule has 0 bridgehead atoms. The quantitative estimate of drug-likeness (QED) is 0.207. The highest BCUT2D eigenvalue weighted by Crippen LogP contribution is 2.45. The van der Waals surface area contributed by atoms with E-state index in [9.17, 15) is 19.2 Å². The van der Waals surface area contributed by atoms with Gasteiger partial charge in [0.25, 0.3) is 0 Å². The van der Waals surface area contributed by atoms with Gasteiger partial charge in [0.15, 0.2) is 12.1 Å². The Balaban J connectivity index is 1.30. The number of benzene rings is 2. The van der Waals surface area contributed by atoms with Crippen molar-refractivity contribution in [2.24, 2.45) is 0 Å². The molecule has 2 aromatic heterocycles. The van der Waals surface area contributed by atoms with Crippen molar-refractivity contribution in [3.63, 3.8) is 0 Å². The van der Waals surface area contributed by atoms with Gasteiger partial charge >= 0.3 is 5.97 Å². The number of ether oxygens (including phenoxy) is 1. The van der Waals surface area contributed by atoms with Crippen molar-refractivity contribution in [2.45, 2.75) is 36.9 Å². The first-order chi connectivity index (χ1) is 20.9. The van der Waals surface area contributed by atoms with Crippen molar-refractivity contribution in [2.75, 3.05) is 5.32 Å². The number of nitrogens with one attached hydrogen (secondary N) is 2. The highest BCUT2D eigenvalue weighted by Gasteiger charge is 2.57. The zero-order valence-corrected chi connectivity index (χ0v) is 25.2. The molecule has 0 saturated carbocycles. The minimum atomic E-state index is -1.14. The van der Waals surface area contributed by atoms with Gasteiger partial charge in [-0.05, 0) is 28.0 Å². The Morgan fingerprint density at radius 2 is 1.67 bits per heavy atom. The molecule has 0 spiro atoms. The lowest BCUT2D eigenvalue weighted by Gasteiger charge is -2.51. The van der Waals surface area contributed by atoms with E-state index in [1.165, 1.54) is 34.9 Å². The maximum Gasteiger partial charge on any atom is 0.334 e. The van der Waals surface area contributed by atoms with Crippen LogP contribution in [0.5, 0.6) is 0 Å². The number of carbonyl (C=O) groups excluding carboxylic acids is 4. The molecule has 2 aliphatic heterocycles. The number of rotatable bonds is 9. The molecule has 1 fully saturated rings. The second-order valence-electron chi connectivity index (χ2n) is 9.78. The molecule has 4 aromatic rings. The first kappa shape index (κ1) is 28.8. The number of thioether (sulfide) groups is 1. The maximum absolute atomic E-state index is 14.1. The molecule has 2 N–H and O–H groups in total. The summed E-state index contributed by atoms with van der Waals surface area (Å²) in [6.07, 6.45) is -0.566. The smallest absolute Gasteiger partial charge is 0.334 e. The molecule has 6 rings (SSSR count). The summed E-state index contributed by atoms with van der Waals surface area (Å²) in [6, 6.07) is 20.5. The van der Waals surface area contributed by atoms with Gasteiger partial charge < -0.3 is 20.3 Å². The Hall–Kier alpha value is -4.33. The molecular weight excluding hydrogens is 607 g/mol. The van der Waals surface area contributed by atoms with Crippen LogP contribution in [0, 0.1) is 0 Å². The number of esters is 1. The third-order valence-electron chi connectivity index (χ3n) is 6.84. The third-order valence-corrected chi connectivity index (χ3v) is 9.77. The summed E-state index contributed by atoms with van der Waals surface area (Å²) < 4.78 is 6.19. The fourth-order valence-corrected chi connectivity index (χ4v) is 7.74. The van der Waals surface area contributed by atoms with E-state index < -0.39 is 35.4 Å². The number of nitrogens with zero attached hydrogens (tertiary/aromatic N) is 3. The molecule has 2 aromatic carbocycles. The van der Waals surface area contributed by atoms with Crippen molar-refractivity contribution in [1.29, 1.82) is 0 Å². The number of carbonyl (C=O) groups is 4. The second kappa shape index (κ2) is 12.5. The van der Waals surface area contributed by atoms with Crippen molar-refractivity contribution < 1.29 is 23.9 Å². The predicted molar refractivity (Wildman–Crippen MR) is 165 cm³/mol. The number of hydrogen-bond acceptors (Lipinski definition) is 10. The highest BCUT2D eigenvalue weighted by molar-refractivity contribution is 8.03. The van der Waals surface area contributed by atoms with E-state index in [1.54, 1.807) is 5.41 Å². The van der Waals surface area contributed by atoms with Gasteiger partial charge in [-0.15, -0.1) is 33.3 Å². The van der Waals surface area contributed by atoms with Crippen LogP contribution in [0.25, 0.3) is 5.57 Å². The Bertz CT molecular complexity index is 1640. The van der Waals surface area contributed by atoms with E-state index in [2.05, 4.69) is 20.8 Å². The topological polar surface area (TPSA) is 131 Å². The van der Waals surface area contributed by atoms with E-state index in [4.69, 9.17) is 4.74 Å². The van der Waals surface area contributed by atoms with Crippen molar-refractivity contribution >= 4 is 68.8 Å². The number of amides is 3. The molecule has 0 aliphatic carbocycles. The molecule has 1 saturated heterocycles. The molecular formula is C30H25N5O5S3. The Morgan fingerprint density at radius 3 is 2.30 bits per heavy atom. The van der Waals surface area contributed by atoms with Gasteiger partial charge in [-0.25, -0.2) is 4.79 Å². The van der Waals surface area contributed by atoms with Crippen LogP contribution in [0.3, 0.4) is 0 Å². The van der Waals surface area contributed by atoms with Crippen LogP contribution in [0.15, 0.2) is 83.6 Å². The molecule has 0 radical (unpaired) electrons. The molecule has 4 heterocycles. The summed E-state index contributed by atoms with van der Waals surface area (Å²) in [7, 11) is 0. The van der Waals surface area contributed by atoms with Gasteiger partial charge in [-0.1, -0.05) is 78.1 Å². The van der Waals surface area contributed by atoms with E-state index in [-0.39, 0.29) is 23.4 Å². The Labute approximate surface area is 259 Å². The highest BCUT2D eigenvalue weighted by atomic mass is 32.2. The summed E-state index contributed by atoms with van der Waals surface area (Å²) in [6.45, 7) is 1.36. The minimum absolute atomic E-state index is 0.165. The number of thiophene rings is 1. The predicted octanol–water partition coefficient (Wildman–Crippen LogP) is 4.24. The SMILES string of the molecule is CC(=O)Nc1nnc(C2=CSC3C(NC(=O)Cc4cccs4)C(=O)N3C2C(=O)OC(c2ccccc2)c2ccccc2)s1. The zero-order chi connectivity index (χ0) is 29.9. The van der Waals surface area contributed by atoms with E-state index >= 15 is 0 Å². The molecule has 218 valence electrons. The van der Waals surface area contributed by atoms with Gasteiger partial charge in [-0.2, -0.15) is 0 Å². The lowest BCUT2D eigenvalue weighted by Crippen LogP contribution is -2.73. The average Bonchev–Trinajstić information content (AvgIpc) is 3.70. The largest absolute Gasteiger partial charge is 0.451 e.